The highest BCUT2D eigenvalue weighted by Gasteiger charge is 2.30. The van der Waals surface area contributed by atoms with Crippen LogP contribution in [0.15, 0.2) is 58.2 Å². The number of nitrogens with zero attached hydrogens (tertiary/aromatic N) is 2. The summed E-state index contributed by atoms with van der Waals surface area (Å²) in [5.41, 5.74) is 0.191. The summed E-state index contributed by atoms with van der Waals surface area (Å²) in [6.45, 7) is 1.77. The first-order chi connectivity index (χ1) is 12.8. The summed E-state index contributed by atoms with van der Waals surface area (Å²) in [6, 6.07) is 9.40. The van der Waals surface area contributed by atoms with Gasteiger partial charge in [0.2, 0.25) is 0 Å². The van der Waals surface area contributed by atoms with Gasteiger partial charge in [0.1, 0.15) is 10.8 Å². The monoisotopic (exact) mass is 393 g/mol. The molecule has 0 spiro atoms. The second kappa shape index (κ2) is 7.83. The number of carbonyl (C=O) groups excluding carboxylic acids is 1. The lowest BCUT2D eigenvalue weighted by molar-refractivity contribution is -0.137. The molecule has 1 amide bonds. The topological polar surface area (TPSA) is 68.0 Å². The zero-order chi connectivity index (χ0) is 19.4. The lowest BCUT2D eigenvalue weighted by atomic mass is 10.2. The normalized spacial score (nSPS) is 11.4. The van der Waals surface area contributed by atoms with E-state index in [2.05, 4.69) is 15.5 Å². The number of aromatic nitrogens is 2. The van der Waals surface area contributed by atoms with Crippen LogP contribution in [-0.4, -0.2) is 16.0 Å². The van der Waals surface area contributed by atoms with E-state index in [0.29, 0.717) is 22.2 Å². The van der Waals surface area contributed by atoms with Crippen molar-refractivity contribution >= 4 is 23.4 Å². The maximum absolute atomic E-state index is 12.8. The average Bonchev–Trinajstić information content (AvgIpc) is 3.05. The molecule has 0 aliphatic rings. The Labute approximate surface area is 157 Å². The van der Waals surface area contributed by atoms with Crippen LogP contribution in [0.5, 0.6) is 0 Å². The van der Waals surface area contributed by atoms with Crippen LogP contribution in [0.3, 0.4) is 0 Å². The molecule has 140 valence electrons. The third-order valence-electron chi connectivity index (χ3n) is 3.50. The van der Waals surface area contributed by atoms with Crippen molar-refractivity contribution in [2.45, 2.75) is 23.9 Å². The van der Waals surface area contributed by atoms with Crippen LogP contribution >= 0.6 is 11.8 Å². The summed E-state index contributed by atoms with van der Waals surface area (Å²) < 4.78 is 43.4. The first kappa shape index (κ1) is 19.0. The summed E-state index contributed by atoms with van der Waals surface area (Å²) in [5.74, 6) is 0.577. The van der Waals surface area contributed by atoms with Crippen molar-refractivity contribution in [2.75, 3.05) is 5.32 Å². The summed E-state index contributed by atoms with van der Waals surface area (Å²) in [6.07, 6.45) is -2.94. The number of carbonyl (C=O) groups is 1. The number of rotatable bonds is 5. The lowest BCUT2D eigenvalue weighted by Crippen LogP contribution is -2.14. The number of hydrogen-bond acceptors (Lipinski definition) is 5. The molecule has 0 aliphatic carbocycles. The number of thioether (sulfide) groups is 1. The van der Waals surface area contributed by atoms with E-state index >= 15 is 0 Å². The Kier molecular flexibility index (Phi) is 5.50. The van der Waals surface area contributed by atoms with E-state index < -0.39 is 17.6 Å². The zero-order valence-corrected chi connectivity index (χ0v) is 14.9. The Morgan fingerprint density at radius 3 is 2.74 bits per heavy atom. The van der Waals surface area contributed by atoms with Gasteiger partial charge in [-0.3, -0.25) is 4.79 Å². The highest BCUT2D eigenvalue weighted by Crippen LogP contribution is 2.31. The van der Waals surface area contributed by atoms with E-state index in [0.717, 1.165) is 12.1 Å². The molecule has 3 rings (SSSR count). The van der Waals surface area contributed by atoms with Gasteiger partial charge in [-0.2, -0.15) is 13.2 Å². The summed E-state index contributed by atoms with van der Waals surface area (Å²) in [4.78, 5) is 16.7. The zero-order valence-electron chi connectivity index (χ0n) is 14.1. The fourth-order valence-corrected chi connectivity index (χ4v) is 3.15. The number of aryl methyl sites for hydroxylation is 1. The molecule has 0 unspecified atom stereocenters. The number of nitrogens with one attached hydrogen (secondary N) is 1. The van der Waals surface area contributed by atoms with E-state index in [1.165, 1.54) is 30.1 Å². The Morgan fingerprint density at radius 1 is 1.22 bits per heavy atom. The Hall–Kier alpha value is -2.81. The standard InChI is InChI=1S/C18H14F3N3O2S/c1-11-8-14(24-26-11)10-27-17-15(6-3-7-22-17)16(25)23-13-5-2-4-12(9-13)18(19,20)21/h2-9H,10H2,1H3,(H,23,25). The molecule has 27 heavy (non-hydrogen) atoms. The molecule has 0 fully saturated rings. The van der Waals surface area contributed by atoms with Gasteiger partial charge in [-0.15, -0.1) is 0 Å². The molecule has 5 nitrogen and oxygen atoms in total. The third-order valence-corrected chi connectivity index (χ3v) is 4.54. The van der Waals surface area contributed by atoms with E-state index in [1.807, 2.05) is 0 Å². The van der Waals surface area contributed by atoms with Crippen LogP contribution < -0.4 is 5.32 Å². The smallest absolute Gasteiger partial charge is 0.361 e. The second-order valence-corrected chi connectivity index (χ2v) is 6.57. The summed E-state index contributed by atoms with van der Waals surface area (Å²) in [5, 5.41) is 6.81. The first-order valence-electron chi connectivity index (χ1n) is 7.81. The molecule has 0 bridgehead atoms. The highest BCUT2D eigenvalue weighted by molar-refractivity contribution is 7.98. The molecule has 1 N–H and O–H groups in total. The number of benzene rings is 1. The predicted octanol–water partition coefficient (Wildman–Crippen LogP) is 4.94. The molecule has 0 saturated heterocycles. The number of pyridine rings is 1. The summed E-state index contributed by atoms with van der Waals surface area (Å²) >= 11 is 1.29. The molecule has 0 saturated carbocycles. The highest BCUT2D eigenvalue weighted by atomic mass is 32.2. The van der Waals surface area contributed by atoms with Gasteiger partial charge in [-0.1, -0.05) is 23.0 Å². The van der Waals surface area contributed by atoms with Gasteiger partial charge in [-0.25, -0.2) is 4.98 Å². The quantitative estimate of drug-likeness (QED) is 0.622. The molecular weight excluding hydrogens is 379 g/mol. The van der Waals surface area contributed by atoms with Crippen molar-refractivity contribution < 1.29 is 22.5 Å². The fraction of sp³-hybridized carbons (Fsp3) is 0.167. The van der Waals surface area contributed by atoms with Crippen LogP contribution in [-0.2, 0) is 11.9 Å². The van der Waals surface area contributed by atoms with Crippen molar-refractivity contribution in [3.8, 4) is 0 Å². The van der Waals surface area contributed by atoms with Gasteiger partial charge in [0.25, 0.3) is 5.91 Å². The molecule has 1 aromatic carbocycles. The van der Waals surface area contributed by atoms with Crippen molar-refractivity contribution in [3.05, 3.63) is 71.2 Å². The van der Waals surface area contributed by atoms with E-state index in [1.54, 1.807) is 25.1 Å². The minimum atomic E-state index is -4.48. The van der Waals surface area contributed by atoms with Gasteiger partial charge < -0.3 is 9.84 Å². The third kappa shape index (κ3) is 4.88. The largest absolute Gasteiger partial charge is 0.416 e. The van der Waals surface area contributed by atoms with Gasteiger partial charge in [0.05, 0.1) is 16.8 Å². The molecule has 0 atom stereocenters. The van der Waals surface area contributed by atoms with Crippen LogP contribution in [0.4, 0.5) is 18.9 Å². The number of alkyl halides is 3. The molecular formula is C18H14F3N3O2S. The van der Waals surface area contributed by atoms with Crippen LogP contribution in [0.2, 0.25) is 0 Å². The number of halogens is 3. The van der Waals surface area contributed by atoms with Gasteiger partial charge in [0.15, 0.2) is 0 Å². The Morgan fingerprint density at radius 2 is 2.04 bits per heavy atom. The first-order valence-corrected chi connectivity index (χ1v) is 8.80. The number of anilines is 1. The average molecular weight is 393 g/mol. The molecule has 0 aliphatic heterocycles. The van der Waals surface area contributed by atoms with Crippen molar-refractivity contribution in [1.82, 2.24) is 10.1 Å². The van der Waals surface area contributed by atoms with Gasteiger partial charge in [0, 0.05) is 23.7 Å². The number of hydrogen-bond donors (Lipinski definition) is 1. The van der Waals surface area contributed by atoms with Crippen molar-refractivity contribution in [2.24, 2.45) is 0 Å². The van der Waals surface area contributed by atoms with Crippen molar-refractivity contribution in [3.63, 3.8) is 0 Å². The SMILES string of the molecule is Cc1cc(CSc2ncccc2C(=O)Nc2cccc(C(F)(F)F)c2)no1. The maximum atomic E-state index is 12.8. The minimum Gasteiger partial charge on any atom is -0.361 e. The second-order valence-electron chi connectivity index (χ2n) is 5.61. The predicted molar refractivity (Wildman–Crippen MR) is 94.4 cm³/mol. The maximum Gasteiger partial charge on any atom is 0.416 e. The molecule has 0 radical (unpaired) electrons. The Balaban J connectivity index is 1.75. The van der Waals surface area contributed by atoms with E-state index in [4.69, 9.17) is 4.52 Å². The van der Waals surface area contributed by atoms with Gasteiger partial charge in [-0.05, 0) is 37.3 Å². The van der Waals surface area contributed by atoms with Crippen LogP contribution in [0, 0.1) is 6.92 Å². The minimum absolute atomic E-state index is 0.0572. The lowest BCUT2D eigenvalue weighted by Gasteiger charge is -2.11. The Bertz CT molecular complexity index is 957. The molecule has 2 heterocycles. The van der Waals surface area contributed by atoms with E-state index in [-0.39, 0.29) is 11.3 Å². The molecule has 3 aromatic rings. The molecule has 9 heteroatoms. The van der Waals surface area contributed by atoms with Crippen LogP contribution in [0.1, 0.15) is 27.4 Å². The van der Waals surface area contributed by atoms with Crippen LogP contribution in [0.25, 0.3) is 0 Å². The molecule has 2 aromatic heterocycles. The summed E-state index contributed by atoms with van der Waals surface area (Å²) in [7, 11) is 0. The fourth-order valence-electron chi connectivity index (χ4n) is 2.28. The number of amides is 1. The van der Waals surface area contributed by atoms with Crippen molar-refractivity contribution in [1.29, 1.82) is 0 Å². The van der Waals surface area contributed by atoms with E-state index in [9.17, 15) is 18.0 Å². The van der Waals surface area contributed by atoms with Gasteiger partial charge >= 0.3 is 6.18 Å².